The van der Waals surface area contributed by atoms with Gasteiger partial charge < -0.3 is 10.6 Å². The first-order chi connectivity index (χ1) is 10.8. The van der Waals surface area contributed by atoms with Crippen LogP contribution in [-0.2, 0) is 0 Å². The fraction of sp³-hybridized carbons (Fsp3) is 0.0625. The summed E-state index contributed by atoms with van der Waals surface area (Å²) in [6, 6.07) is 17.1. The summed E-state index contributed by atoms with van der Waals surface area (Å²) in [5.41, 5.74) is 3.01. The molecule has 0 saturated heterocycles. The zero-order chi connectivity index (χ0) is 14.9. The van der Waals surface area contributed by atoms with Crippen molar-refractivity contribution in [2.75, 3.05) is 5.32 Å². The third-order valence-electron chi connectivity index (χ3n) is 3.57. The van der Waals surface area contributed by atoms with Crippen LogP contribution in [0, 0.1) is 0 Å². The summed E-state index contributed by atoms with van der Waals surface area (Å²) in [5, 5.41) is 14.4. The van der Waals surface area contributed by atoms with E-state index in [4.69, 9.17) is 0 Å². The van der Waals surface area contributed by atoms with Gasteiger partial charge >= 0.3 is 0 Å². The number of rotatable bonds is 2. The Morgan fingerprint density at radius 1 is 0.955 bits per heavy atom. The second-order valence-corrected chi connectivity index (χ2v) is 5.02. The van der Waals surface area contributed by atoms with Crippen molar-refractivity contribution in [1.82, 2.24) is 20.3 Å². The van der Waals surface area contributed by atoms with Gasteiger partial charge in [0.05, 0.1) is 17.4 Å². The SMILES string of the molecule is O=C1NC(c2cn(-c3ccccc3)nn2)Nc2ccccc21. The third-order valence-corrected chi connectivity index (χ3v) is 3.57. The molecule has 1 unspecified atom stereocenters. The second kappa shape index (κ2) is 5.00. The van der Waals surface area contributed by atoms with Crippen molar-refractivity contribution in [3.05, 3.63) is 72.1 Å². The van der Waals surface area contributed by atoms with Crippen LogP contribution >= 0.6 is 0 Å². The summed E-state index contributed by atoms with van der Waals surface area (Å²) in [6.07, 6.45) is 1.42. The highest BCUT2D eigenvalue weighted by atomic mass is 16.2. The lowest BCUT2D eigenvalue weighted by atomic mass is 10.1. The van der Waals surface area contributed by atoms with Gasteiger partial charge in [0.15, 0.2) is 0 Å². The average Bonchev–Trinajstić information content (AvgIpc) is 3.06. The number of nitrogens with one attached hydrogen (secondary N) is 2. The maximum absolute atomic E-state index is 12.1. The molecule has 2 aromatic carbocycles. The summed E-state index contributed by atoms with van der Waals surface area (Å²) in [5.74, 6) is -0.117. The van der Waals surface area contributed by atoms with Gasteiger partial charge in [-0.2, -0.15) is 0 Å². The van der Waals surface area contributed by atoms with Gasteiger partial charge in [-0.3, -0.25) is 4.79 Å². The maximum Gasteiger partial charge on any atom is 0.255 e. The predicted octanol–water partition coefficient (Wildman–Crippen LogP) is 2.12. The Morgan fingerprint density at radius 3 is 2.59 bits per heavy atom. The third kappa shape index (κ3) is 2.10. The van der Waals surface area contributed by atoms with Crippen LogP contribution in [-0.4, -0.2) is 20.9 Å². The van der Waals surface area contributed by atoms with Crippen molar-refractivity contribution < 1.29 is 4.79 Å². The second-order valence-electron chi connectivity index (χ2n) is 5.02. The molecule has 1 atom stereocenters. The lowest BCUT2D eigenvalue weighted by molar-refractivity contribution is 0.0935. The smallest absolute Gasteiger partial charge is 0.255 e. The Balaban J connectivity index is 1.64. The van der Waals surface area contributed by atoms with E-state index in [0.29, 0.717) is 11.3 Å². The molecule has 0 radical (unpaired) electrons. The monoisotopic (exact) mass is 291 g/mol. The minimum atomic E-state index is -0.389. The summed E-state index contributed by atoms with van der Waals surface area (Å²) in [4.78, 5) is 12.1. The molecule has 2 heterocycles. The number of carbonyl (C=O) groups excluding carboxylic acids is 1. The van der Waals surface area contributed by atoms with E-state index in [0.717, 1.165) is 11.4 Å². The molecule has 1 aliphatic heterocycles. The Morgan fingerprint density at radius 2 is 1.73 bits per heavy atom. The Kier molecular flexibility index (Phi) is 2.86. The molecule has 6 nitrogen and oxygen atoms in total. The van der Waals surface area contributed by atoms with Crippen LogP contribution in [0.5, 0.6) is 0 Å². The topological polar surface area (TPSA) is 71.8 Å². The molecular formula is C16H13N5O. The van der Waals surface area contributed by atoms with Gasteiger partial charge in [0.25, 0.3) is 5.91 Å². The van der Waals surface area contributed by atoms with Crippen LogP contribution in [0.2, 0.25) is 0 Å². The highest BCUT2D eigenvalue weighted by Crippen LogP contribution is 2.25. The van der Waals surface area contributed by atoms with Gasteiger partial charge in [-0.1, -0.05) is 35.5 Å². The molecule has 4 rings (SSSR count). The van der Waals surface area contributed by atoms with E-state index in [9.17, 15) is 4.79 Å². The number of carbonyl (C=O) groups is 1. The Hall–Kier alpha value is -3.15. The lowest BCUT2D eigenvalue weighted by Crippen LogP contribution is -2.38. The van der Waals surface area contributed by atoms with Crippen LogP contribution in [0.3, 0.4) is 0 Å². The van der Waals surface area contributed by atoms with Gasteiger partial charge in [0, 0.05) is 5.69 Å². The number of benzene rings is 2. The van der Waals surface area contributed by atoms with Gasteiger partial charge in [0.1, 0.15) is 11.9 Å². The van der Waals surface area contributed by atoms with Gasteiger partial charge in [-0.25, -0.2) is 4.68 Å². The molecule has 0 fully saturated rings. The Bertz CT molecular complexity index is 827. The molecule has 0 bridgehead atoms. The van der Waals surface area contributed by atoms with Gasteiger partial charge in [-0.05, 0) is 24.3 Å². The Labute approximate surface area is 126 Å². The van der Waals surface area contributed by atoms with E-state index in [1.165, 1.54) is 0 Å². The number of hydrogen-bond donors (Lipinski definition) is 2. The van der Waals surface area contributed by atoms with Crippen molar-refractivity contribution in [3.8, 4) is 5.69 Å². The fourth-order valence-corrected chi connectivity index (χ4v) is 2.47. The average molecular weight is 291 g/mol. The number of nitrogens with zero attached hydrogens (tertiary/aromatic N) is 3. The van der Waals surface area contributed by atoms with E-state index >= 15 is 0 Å². The number of aromatic nitrogens is 3. The molecule has 3 aromatic rings. The van der Waals surface area contributed by atoms with Crippen LogP contribution < -0.4 is 10.6 Å². The normalized spacial score (nSPS) is 16.5. The fourth-order valence-electron chi connectivity index (χ4n) is 2.47. The molecule has 1 amide bonds. The number of hydrogen-bond acceptors (Lipinski definition) is 4. The first kappa shape index (κ1) is 12.6. The number of fused-ring (bicyclic) bond motifs is 1. The van der Waals surface area contributed by atoms with Crippen molar-refractivity contribution in [3.63, 3.8) is 0 Å². The lowest BCUT2D eigenvalue weighted by Gasteiger charge is -2.26. The van der Waals surface area contributed by atoms with Crippen molar-refractivity contribution in [2.45, 2.75) is 6.17 Å². The van der Waals surface area contributed by atoms with E-state index < -0.39 is 0 Å². The molecule has 0 spiro atoms. The molecule has 108 valence electrons. The van der Waals surface area contributed by atoms with Crippen molar-refractivity contribution in [2.24, 2.45) is 0 Å². The first-order valence-corrected chi connectivity index (χ1v) is 6.95. The zero-order valence-electron chi connectivity index (χ0n) is 11.6. The van der Waals surface area contributed by atoms with E-state index in [-0.39, 0.29) is 12.1 Å². The minimum Gasteiger partial charge on any atom is -0.360 e. The molecule has 0 saturated carbocycles. The zero-order valence-corrected chi connectivity index (χ0v) is 11.6. The van der Waals surface area contributed by atoms with Crippen LogP contribution in [0.15, 0.2) is 60.8 Å². The van der Waals surface area contributed by atoms with Crippen molar-refractivity contribution in [1.29, 1.82) is 0 Å². The van der Waals surface area contributed by atoms with Crippen LogP contribution in [0.1, 0.15) is 22.2 Å². The number of amides is 1. The molecule has 2 N–H and O–H groups in total. The first-order valence-electron chi connectivity index (χ1n) is 6.95. The molecular weight excluding hydrogens is 278 g/mol. The predicted molar refractivity (Wildman–Crippen MR) is 81.6 cm³/mol. The standard InChI is InChI=1S/C16H13N5O/c22-16-12-8-4-5-9-13(12)17-15(18-16)14-10-21(20-19-14)11-6-2-1-3-7-11/h1-10,15,17H,(H,18,22). The van der Waals surface area contributed by atoms with Crippen LogP contribution in [0.25, 0.3) is 5.69 Å². The largest absolute Gasteiger partial charge is 0.360 e. The van der Waals surface area contributed by atoms with E-state index in [1.807, 2.05) is 48.5 Å². The summed E-state index contributed by atoms with van der Waals surface area (Å²) in [6.45, 7) is 0. The molecule has 0 aliphatic carbocycles. The maximum atomic E-state index is 12.1. The highest BCUT2D eigenvalue weighted by molar-refractivity contribution is 6.01. The molecule has 1 aromatic heterocycles. The highest BCUT2D eigenvalue weighted by Gasteiger charge is 2.26. The molecule has 22 heavy (non-hydrogen) atoms. The summed E-state index contributed by atoms with van der Waals surface area (Å²) in [7, 11) is 0. The quantitative estimate of drug-likeness (QED) is 0.758. The van der Waals surface area contributed by atoms with Crippen molar-refractivity contribution >= 4 is 11.6 Å². The molecule has 1 aliphatic rings. The number of para-hydroxylation sites is 2. The van der Waals surface area contributed by atoms with Crippen LogP contribution in [0.4, 0.5) is 5.69 Å². The van der Waals surface area contributed by atoms with E-state index in [2.05, 4.69) is 20.9 Å². The summed E-state index contributed by atoms with van der Waals surface area (Å²) < 4.78 is 1.68. The van der Waals surface area contributed by atoms with E-state index in [1.54, 1.807) is 16.9 Å². The van der Waals surface area contributed by atoms with Gasteiger partial charge in [-0.15, -0.1) is 5.10 Å². The van der Waals surface area contributed by atoms with Gasteiger partial charge in [0.2, 0.25) is 0 Å². The minimum absolute atomic E-state index is 0.117. The number of anilines is 1. The summed E-state index contributed by atoms with van der Waals surface area (Å²) >= 11 is 0. The molecule has 6 heteroatoms.